The summed E-state index contributed by atoms with van der Waals surface area (Å²) in [5, 5.41) is 0. The zero-order valence-corrected chi connectivity index (χ0v) is 11.6. The average Bonchev–Trinajstić information content (AvgIpc) is 2.49. The van der Waals surface area contributed by atoms with Gasteiger partial charge in [0, 0.05) is 12.5 Å². The summed E-state index contributed by atoms with van der Waals surface area (Å²) in [7, 11) is 1.70. The number of methoxy groups -OCH3 is 1. The smallest absolute Gasteiger partial charge is 0.119 e. The van der Waals surface area contributed by atoms with E-state index in [1.165, 1.54) is 16.7 Å². The van der Waals surface area contributed by atoms with Crippen molar-refractivity contribution in [2.45, 2.75) is 25.8 Å². The Hall–Kier alpha value is -1.80. The lowest BCUT2D eigenvalue weighted by atomic mass is 9.88. The molecule has 2 heteroatoms. The molecule has 2 nitrogen and oxygen atoms in total. The van der Waals surface area contributed by atoms with Crippen molar-refractivity contribution in [3.63, 3.8) is 0 Å². The van der Waals surface area contributed by atoms with Crippen LogP contribution in [0.15, 0.2) is 48.5 Å². The standard InChI is InChI=1S/C17H21NO/c1-3-17(14-9-7-13(12-18)8-10-14)15-5-4-6-16(11-15)19-2/h4-11,17H,3,12,18H2,1-2H3. The van der Waals surface area contributed by atoms with Crippen LogP contribution in [-0.2, 0) is 6.54 Å². The zero-order valence-electron chi connectivity index (χ0n) is 11.6. The van der Waals surface area contributed by atoms with Crippen LogP contribution in [0.2, 0.25) is 0 Å². The van der Waals surface area contributed by atoms with E-state index in [2.05, 4.69) is 43.3 Å². The van der Waals surface area contributed by atoms with E-state index in [-0.39, 0.29) is 0 Å². The van der Waals surface area contributed by atoms with Crippen LogP contribution in [0.5, 0.6) is 5.75 Å². The molecule has 0 fully saturated rings. The van der Waals surface area contributed by atoms with Crippen LogP contribution in [0.3, 0.4) is 0 Å². The van der Waals surface area contributed by atoms with E-state index in [1.54, 1.807) is 7.11 Å². The minimum atomic E-state index is 0.405. The lowest BCUT2D eigenvalue weighted by Crippen LogP contribution is -2.01. The molecule has 0 aliphatic heterocycles. The van der Waals surface area contributed by atoms with E-state index < -0.39 is 0 Å². The summed E-state index contributed by atoms with van der Waals surface area (Å²) in [5.74, 6) is 1.32. The van der Waals surface area contributed by atoms with Crippen molar-refractivity contribution < 1.29 is 4.74 Å². The van der Waals surface area contributed by atoms with Gasteiger partial charge in [0.1, 0.15) is 5.75 Å². The van der Waals surface area contributed by atoms with Crippen LogP contribution in [0.25, 0.3) is 0 Å². The SMILES string of the molecule is CCC(c1ccc(CN)cc1)c1cccc(OC)c1. The minimum absolute atomic E-state index is 0.405. The van der Waals surface area contributed by atoms with Crippen LogP contribution in [0, 0.1) is 0 Å². The number of ether oxygens (including phenoxy) is 1. The number of nitrogens with two attached hydrogens (primary N) is 1. The van der Waals surface area contributed by atoms with E-state index >= 15 is 0 Å². The van der Waals surface area contributed by atoms with Crippen molar-refractivity contribution >= 4 is 0 Å². The molecule has 100 valence electrons. The van der Waals surface area contributed by atoms with Gasteiger partial charge in [0.15, 0.2) is 0 Å². The highest BCUT2D eigenvalue weighted by atomic mass is 16.5. The minimum Gasteiger partial charge on any atom is -0.497 e. The van der Waals surface area contributed by atoms with Gasteiger partial charge in [-0.25, -0.2) is 0 Å². The Kier molecular flexibility index (Phi) is 4.58. The van der Waals surface area contributed by atoms with Crippen LogP contribution < -0.4 is 10.5 Å². The van der Waals surface area contributed by atoms with Gasteiger partial charge < -0.3 is 10.5 Å². The lowest BCUT2D eigenvalue weighted by molar-refractivity contribution is 0.414. The highest BCUT2D eigenvalue weighted by molar-refractivity contribution is 5.38. The monoisotopic (exact) mass is 255 g/mol. The van der Waals surface area contributed by atoms with Gasteiger partial charge in [-0.3, -0.25) is 0 Å². The maximum Gasteiger partial charge on any atom is 0.119 e. The quantitative estimate of drug-likeness (QED) is 0.884. The molecule has 0 heterocycles. The second kappa shape index (κ2) is 6.39. The van der Waals surface area contributed by atoms with Crippen molar-refractivity contribution in [2.75, 3.05) is 7.11 Å². The molecular weight excluding hydrogens is 234 g/mol. The van der Waals surface area contributed by atoms with Gasteiger partial charge in [0.25, 0.3) is 0 Å². The maximum atomic E-state index is 5.64. The van der Waals surface area contributed by atoms with Gasteiger partial charge in [-0.2, -0.15) is 0 Å². The molecule has 2 rings (SSSR count). The summed E-state index contributed by atoms with van der Waals surface area (Å²) in [6, 6.07) is 16.9. The normalized spacial score (nSPS) is 12.2. The fraction of sp³-hybridized carbons (Fsp3) is 0.294. The summed E-state index contributed by atoms with van der Waals surface area (Å²) in [6.45, 7) is 2.80. The fourth-order valence-corrected chi connectivity index (χ4v) is 2.41. The largest absolute Gasteiger partial charge is 0.497 e. The summed E-state index contributed by atoms with van der Waals surface area (Å²) in [4.78, 5) is 0. The molecule has 2 N–H and O–H groups in total. The van der Waals surface area contributed by atoms with E-state index in [0.29, 0.717) is 12.5 Å². The lowest BCUT2D eigenvalue weighted by Gasteiger charge is -2.17. The Balaban J connectivity index is 2.31. The molecule has 2 aromatic carbocycles. The Labute approximate surface area is 115 Å². The summed E-state index contributed by atoms with van der Waals surface area (Å²) < 4.78 is 5.31. The maximum absolute atomic E-state index is 5.64. The van der Waals surface area contributed by atoms with Crippen LogP contribution in [0.4, 0.5) is 0 Å². The number of rotatable bonds is 5. The molecule has 0 aliphatic carbocycles. The Morgan fingerprint density at radius 1 is 1.05 bits per heavy atom. The molecule has 19 heavy (non-hydrogen) atoms. The third-order valence-corrected chi connectivity index (χ3v) is 3.52. The first-order chi connectivity index (χ1) is 9.28. The molecule has 0 spiro atoms. The summed E-state index contributed by atoms with van der Waals surface area (Å²) in [6.07, 6.45) is 1.06. The van der Waals surface area contributed by atoms with E-state index in [9.17, 15) is 0 Å². The first-order valence-electron chi connectivity index (χ1n) is 6.71. The average molecular weight is 255 g/mol. The van der Waals surface area contributed by atoms with E-state index in [0.717, 1.165) is 12.2 Å². The number of hydrogen-bond donors (Lipinski definition) is 1. The molecule has 0 radical (unpaired) electrons. The van der Waals surface area contributed by atoms with Gasteiger partial charge >= 0.3 is 0 Å². The molecule has 0 bridgehead atoms. The molecule has 0 saturated carbocycles. The van der Waals surface area contributed by atoms with E-state index in [4.69, 9.17) is 10.5 Å². The highest BCUT2D eigenvalue weighted by Crippen LogP contribution is 2.30. The first kappa shape index (κ1) is 13.6. The Morgan fingerprint density at radius 2 is 1.79 bits per heavy atom. The molecule has 0 aliphatic rings. The van der Waals surface area contributed by atoms with Crippen molar-refractivity contribution in [1.82, 2.24) is 0 Å². The topological polar surface area (TPSA) is 35.2 Å². The highest BCUT2D eigenvalue weighted by Gasteiger charge is 2.12. The molecule has 0 amide bonds. The van der Waals surface area contributed by atoms with Crippen LogP contribution in [0.1, 0.15) is 36.0 Å². The van der Waals surface area contributed by atoms with Crippen molar-refractivity contribution in [2.24, 2.45) is 5.73 Å². The van der Waals surface area contributed by atoms with Gasteiger partial charge in [0.2, 0.25) is 0 Å². The van der Waals surface area contributed by atoms with E-state index in [1.807, 2.05) is 12.1 Å². The third kappa shape index (κ3) is 3.15. The first-order valence-corrected chi connectivity index (χ1v) is 6.71. The van der Waals surface area contributed by atoms with Gasteiger partial charge in [-0.1, -0.05) is 43.3 Å². The summed E-state index contributed by atoms with van der Waals surface area (Å²) in [5.41, 5.74) is 9.43. The molecule has 1 unspecified atom stereocenters. The van der Waals surface area contributed by atoms with Crippen LogP contribution in [-0.4, -0.2) is 7.11 Å². The van der Waals surface area contributed by atoms with Gasteiger partial charge in [-0.15, -0.1) is 0 Å². The molecule has 2 aromatic rings. The van der Waals surface area contributed by atoms with Crippen molar-refractivity contribution in [1.29, 1.82) is 0 Å². The van der Waals surface area contributed by atoms with Gasteiger partial charge in [0.05, 0.1) is 7.11 Å². The Morgan fingerprint density at radius 3 is 2.37 bits per heavy atom. The van der Waals surface area contributed by atoms with Crippen LogP contribution >= 0.6 is 0 Å². The second-order valence-corrected chi connectivity index (χ2v) is 4.68. The van der Waals surface area contributed by atoms with Crippen molar-refractivity contribution in [3.8, 4) is 5.75 Å². The predicted octanol–water partition coefficient (Wildman–Crippen LogP) is 3.70. The second-order valence-electron chi connectivity index (χ2n) is 4.68. The Bertz CT molecular complexity index is 519. The third-order valence-electron chi connectivity index (χ3n) is 3.52. The number of benzene rings is 2. The molecular formula is C17H21NO. The predicted molar refractivity (Wildman–Crippen MR) is 79.5 cm³/mol. The molecule has 1 atom stereocenters. The number of hydrogen-bond acceptors (Lipinski definition) is 2. The summed E-state index contributed by atoms with van der Waals surface area (Å²) >= 11 is 0. The fourth-order valence-electron chi connectivity index (χ4n) is 2.41. The van der Waals surface area contributed by atoms with Gasteiger partial charge in [-0.05, 0) is 35.2 Å². The zero-order chi connectivity index (χ0) is 13.7. The molecule has 0 aromatic heterocycles. The van der Waals surface area contributed by atoms with Crippen molar-refractivity contribution in [3.05, 3.63) is 65.2 Å². The molecule has 0 saturated heterocycles.